The molecule has 0 saturated heterocycles. The molecule has 5 heteroatoms. The summed E-state index contributed by atoms with van der Waals surface area (Å²) < 4.78 is 0. The first-order chi connectivity index (χ1) is 6.11. The van der Waals surface area contributed by atoms with E-state index in [1.807, 2.05) is 6.92 Å². The maximum absolute atomic E-state index is 7.16. The van der Waals surface area contributed by atoms with Crippen molar-refractivity contribution in [3.63, 3.8) is 0 Å². The number of hydrogen-bond donors (Lipinski definition) is 3. The van der Waals surface area contributed by atoms with E-state index in [-0.39, 0.29) is 5.84 Å². The Morgan fingerprint density at radius 3 is 2.46 bits per heavy atom. The van der Waals surface area contributed by atoms with Gasteiger partial charge in [0.15, 0.2) is 0 Å². The fourth-order valence-corrected chi connectivity index (χ4v) is 0.803. The molecule has 0 aliphatic carbocycles. The summed E-state index contributed by atoms with van der Waals surface area (Å²) in [6.45, 7) is 6.00. The van der Waals surface area contributed by atoms with Gasteiger partial charge in [0.1, 0.15) is 18.0 Å². The molecule has 0 bridgehead atoms. The molecule has 0 saturated carbocycles. The Balaban J connectivity index is 4.64. The van der Waals surface area contributed by atoms with Crippen molar-refractivity contribution in [3.05, 3.63) is 0 Å². The van der Waals surface area contributed by atoms with Crippen LogP contribution in [0.1, 0.15) is 20.8 Å². The van der Waals surface area contributed by atoms with Crippen molar-refractivity contribution in [1.82, 2.24) is 5.32 Å². The van der Waals surface area contributed by atoms with Crippen LogP contribution in [0.5, 0.6) is 0 Å². The molecule has 0 aromatic heterocycles. The van der Waals surface area contributed by atoms with Gasteiger partial charge in [-0.15, -0.1) is 0 Å². The summed E-state index contributed by atoms with van der Waals surface area (Å²) in [6, 6.07) is 0. The van der Waals surface area contributed by atoms with Crippen LogP contribution in [0.25, 0.3) is 0 Å². The van der Waals surface area contributed by atoms with Gasteiger partial charge < -0.3 is 5.32 Å². The quantitative estimate of drug-likeness (QED) is 0.441. The van der Waals surface area contributed by atoms with Crippen LogP contribution in [-0.4, -0.2) is 30.3 Å². The lowest BCUT2D eigenvalue weighted by molar-refractivity contribution is 0.976. The lowest BCUT2D eigenvalue weighted by Gasteiger charge is -2.05. The molecule has 0 aliphatic rings. The SMILES string of the molecule is CCNC(=N/C=N)/C(C)=N\C(C)=N. The summed E-state index contributed by atoms with van der Waals surface area (Å²) in [7, 11) is 0. The molecule has 0 radical (unpaired) electrons. The van der Waals surface area contributed by atoms with E-state index in [1.54, 1.807) is 13.8 Å². The van der Waals surface area contributed by atoms with Crippen LogP contribution in [0.15, 0.2) is 9.98 Å². The van der Waals surface area contributed by atoms with E-state index in [0.717, 1.165) is 12.9 Å². The second-order valence-corrected chi connectivity index (χ2v) is 2.42. The maximum Gasteiger partial charge on any atom is 0.149 e. The van der Waals surface area contributed by atoms with Gasteiger partial charge in [-0.1, -0.05) is 0 Å². The van der Waals surface area contributed by atoms with E-state index in [4.69, 9.17) is 10.8 Å². The maximum atomic E-state index is 7.16. The van der Waals surface area contributed by atoms with Crippen LogP contribution in [0.4, 0.5) is 0 Å². The second kappa shape index (κ2) is 6.05. The van der Waals surface area contributed by atoms with E-state index in [1.165, 1.54) is 0 Å². The van der Waals surface area contributed by atoms with Crippen molar-refractivity contribution >= 4 is 23.7 Å². The highest BCUT2D eigenvalue weighted by Crippen LogP contribution is 1.83. The van der Waals surface area contributed by atoms with E-state index in [2.05, 4.69) is 15.3 Å². The molecule has 0 heterocycles. The summed E-state index contributed by atoms with van der Waals surface area (Å²) in [5.74, 6) is 0.775. The van der Waals surface area contributed by atoms with Gasteiger partial charge in [-0.25, -0.2) is 9.98 Å². The van der Waals surface area contributed by atoms with Crippen molar-refractivity contribution < 1.29 is 0 Å². The Bertz CT molecular complexity index is 251. The zero-order chi connectivity index (χ0) is 10.3. The third-order valence-electron chi connectivity index (χ3n) is 1.22. The first kappa shape index (κ1) is 11.5. The molecule has 0 unspecified atom stereocenters. The number of hydrogen-bond acceptors (Lipinski definition) is 2. The van der Waals surface area contributed by atoms with Crippen molar-refractivity contribution in [2.24, 2.45) is 9.98 Å². The molecule has 0 aromatic rings. The molecule has 0 atom stereocenters. The highest BCUT2D eigenvalue weighted by molar-refractivity contribution is 6.42. The monoisotopic (exact) mass is 181 g/mol. The highest BCUT2D eigenvalue weighted by atomic mass is 15.0. The van der Waals surface area contributed by atoms with Crippen molar-refractivity contribution in [1.29, 1.82) is 10.8 Å². The average Bonchev–Trinajstić information content (AvgIpc) is 2.02. The Labute approximate surface area is 78.0 Å². The lowest BCUT2D eigenvalue weighted by Crippen LogP contribution is -2.30. The minimum absolute atomic E-state index is 0.230. The van der Waals surface area contributed by atoms with Crippen LogP contribution in [0.3, 0.4) is 0 Å². The topological polar surface area (TPSA) is 84.5 Å². The van der Waals surface area contributed by atoms with Crippen LogP contribution in [-0.2, 0) is 0 Å². The third kappa shape index (κ3) is 4.84. The predicted molar refractivity (Wildman–Crippen MR) is 56.4 cm³/mol. The fourth-order valence-electron chi connectivity index (χ4n) is 0.803. The van der Waals surface area contributed by atoms with Gasteiger partial charge in [-0.2, -0.15) is 0 Å². The standard InChI is InChI=1S/C8H15N5/c1-4-11-8(12-5-9)6(2)13-7(3)10/h5,10H,4H2,1-3H3,(H2,9,11,12)/b10-7?,13-6-. The van der Waals surface area contributed by atoms with E-state index >= 15 is 0 Å². The summed E-state index contributed by atoms with van der Waals surface area (Å²) in [4.78, 5) is 7.70. The molecule has 72 valence electrons. The first-order valence-corrected chi connectivity index (χ1v) is 4.03. The normalized spacial score (nSPS) is 12.5. The highest BCUT2D eigenvalue weighted by Gasteiger charge is 2.00. The smallest absolute Gasteiger partial charge is 0.149 e. The molecule has 0 amide bonds. The minimum atomic E-state index is 0.230. The Morgan fingerprint density at radius 2 is 2.08 bits per heavy atom. The number of aliphatic imine (C=N–C) groups is 2. The van der Waals surface area contributed by atoms with Gasteiger partial charge in [-0.05, 0) is 20.8 Å². The predicted octanol–water partition coefficient (Wildman–Crippen LogP) is 1.06. The largest absolute Gasteiger partial charge is 0.369 e. The third-order valence-corrected chi connectivity index (χ3v) is 1.22. The molecule has 5 nitrogen and oxygen atoms in total. The average molecular weight is 181 g/mol. The van der Waals surface area contributed by atoms with E-state index in [0.29, 0.717) is 11.5 Å². The van der Waals surface area contributed by atoms with Crippen LogP contribution in [0, 0.1) is 10.8 Å². The van der Waals surface area contributed by atoms with Gasteiger partial charge >= 0.3 is 0 Å². The van der Waals surface area contributed by atoms with Crippen LogP contribution >= 0.6 is 0 Å². The zero-order valence-corrected chi connectivity index (χ0v) is 8.18. The number of amidine groups is 2. The zero-order valence-electron chi connectivity index (χ0n) is 8.18. The van der Waals surface area contributed by atoms with Gasteiger partial charge in [0.05, 0.1) is 5.71 Å². The summed E-state index contributed by atoms with van der Waals surface area (Å²) in [6.07, 6.45) is 0.955. The van der Waals surface area contributed by atoms with Crippen LogP contribution in [0.2, 0.25) is 0 Å². The van der Waals surface area contributed by atoms with E-state index in [9.17, 15) is 0 Å². The van der Waals surface area contributed by atoms with Crippen LogP contribution < -0.4 is 5.32 Å². The summed E-state index contributed by atoms with van der Waals surface area (Å²) >= 11 is 0. The van der Waals surface area contributed by atoms with Gasteiger partial charge in [0, 0.05) is 6.54 Å². The van der Waals surface area contributed by atoms with E-state index < -0.39 is 0 Å². The fraction of sp³-hybridized carbons (Fsp3) is 0.500. The number of nitrogens with one attached hydrogen (secondary N) is 3. The molecule has 3 N–H and O–H groups in total. The number of rotatable bonds is 3. The molecule has 13 heavy (non-hydrogen) atoms. The summed E-state index contributed by atoms with van der Waals surface area (Å²) in [5, 5.41) is 16.9. The molecule has 0 fully saturated rings. The second-order valence-electron chi connectivity index (χ2n) is 2.42. The Kier molecular flexibility index (Phi) is 5.34. The van der Waals surface area contributed by atoms with Gasteiger partial charge in [-0.3, -0.25) is 10.8 Å². The molecule has 0 aromatic carbocycles. The molecule has 0 rings (SSSR count). The molecular formula is C8H15N5. The Hall–Kier alpha value is -1.52. The summed E-state index contributed by atoms with van der Waals surface area (Å²) in [5.41, 5.74) is 0.623. The minimum Gasteiger partial charge on any atom is -0.369 e. The van der Waals surface area contributed by atoms with Crippen molar-refractivity contribution in [2.45, 2.75) is 20.8 Å². The lowest BCUT2D eigenvalue weighted by atomic mass is 10.3. The van der Waals surface area contributed by atoms with Crippen molar-refractivity contribution in [3.8, 4) is 0 Å². The number of nitrogens with zero attached hydrogens (tertiary/aromatic N) is 2. The molecule has 0 aliphatic heterocycles. The first-order valence-electron chi connectivity index (χ1n) is 4.03. The Morgan fingerprint density at radius 1 is 1.46 bits per heavy atom. The van der Waals surface area contributed by atoms with Gasteiger partial charge in [0.2, 0.25) is 0 Å². The van der Waals surface area contributed by atoms with Gasteiger partial charge in [0.25, 0.3) is 0 Å². The molecular weight excluding hydrogens is 166 g/mol. The molecule has 0 spiro atoms. The van der Waals surface area contributed by atoms with Crippen molar-refractivity contribution in [2.75, 3.05) is 6.54 Å².